The zero-order valence-corrected chi connectivity index (χ0v) is 23.7. The molecular weight excluding hydrogens is 486 g/mol. The van der Waals surface area contributed by atoms with E-state index >= 15 is 0 Å². The van der Waals surface area contributed by atoms with Crippen molar-refractivity contribution in [3.05, 3.63) is 52.8 Å². The lowest BCUT2D eigenvalue weighted by Gasteiger charge is -2.57. The van der Waals surface area contributed by atoms with Crippen LogP contribution in [-0.4, -0.2) is 78.2 Å². The van der Waals surface area contributed by atoms with Crippen molar-refractivity contribution in [2.45, 2.75) is 64.2 Å². The van der Waals surface area contributed by atoms with Crippen LogP contribution in [0, 0.1) is 25.2 Å². The van der Waals surface area contributed by atoms with Gasteiger partial charge in [0.2, 0.25) is 0 Å². The molecule has 204 valence electrons. The first-order valence-corrected chi connectivity index (χ1v) is 14.2. The van der Waals surface area contributed by atoms with E-state index in [9.17, 15) is 5.26 Å². The molecule has 8 heteroatoms. The Morgan fingerprint density at radius 3 is 2.49 bits per heavy atom. The highest BCUT2D eigenvalue weighted by molar-refractivity contribution is 5.94. The van der Waals surface area contributed by atoms with Crippen molar-refractivity contribution in [3.8, 4) is 11.8 Å². The number of benzene rings is 2. The molecular formula is C31H39N7O. The van der Waals surface area contributed by atoms with Crippen LogP contribution in [0.1, 0.15) is 54.7 Å². The van der Waals surface area contributed by atoms with E-state index in [0.717, 1.165) is 64.5 Å². The van der Waals surface area contributed by atoms with Crippen LogP contribution in [0.3, 0.4) is 0 Å². The number of nitriles is 1. The second kappa shape index (κ2) is 10.3. The summed E-state index contributed by atoms with van der Waals surface area (Å²) >= 11 is 0. The van der Waals surface area contributed by atoms with Gasteiger partial charge in [-0.25, -0.2) is 9.97 Å². The van der Waals surface area contributed by atoms with E-state index in [4.69, 9.17) is 14.7 Å². The number of ether oxygens (including phenoxy) is 1. The zero-order chi connectivity index (χ0) is 27.3. The van der Waals surface area contributed by atoms with Crippen LogP contribution >= 0.6 is 0 Å². The van der Waals surface area contributed by atoms with Crippen LogP contribution < -0.4 is 15.0 Å². The van der Waals surface area contributed by atoms with Gasteiger partial charge in [0.25, 0.3) is 0 Å². The molecule has 0 saturated carbocycles. The number of methoxy groups -OCH3 is 1. The second-order valence-corrected chi connectivity index (χ2v) is 11.5. The van der Waals surface area contributed by atoms with Gasteiger partial charge >= 0.3 is 0 Å². The Bertz CT molecular complexity index is 1410. The number of piperidine rings is 2. The minimum atomic E-state index is -0.0214. The van der Waals surface area contributed by atoms with Crippen molar-refractivity contribution in [1.82, 2.24) is 19.8 Å². The first kappa shape index (κ1) is 25.8. The molecule has 39 heavy (non-hydrogen) atoms. The van der Waals surface area contributed by atoms with E-state index in [1.54, 1.807) is 7.11 Å². The first-order valence-electron chi connectivity index (χ1n) is 14.2. The van der Waals surface area contributed by atoms with E-state index in [-0.39, 0.29) is 6.04 Å². The van der Waals surface area contributed by atoms with Gasteiger partial charge in [-0.15, -0.1) is 0 Å². The van der Waals surface area contributed by atoms with Crippen molar-refractivity contribution >= 4 is 22.4 Å². The molecule has 0 aliphatic carbocycles. The Kier molecular flexibility index (Phi) is 6.82. The van der Waals surface area contributed by atoms with Gasteiger partial charge in [0.05, 0.1) is 36.0 Å². The average molecular weight is 526 g/mol. The standard InChI is InChI=1S/C31H39N7O/c1-19-22(16-32)7-6-8-26(19)20(2)33-31-27-14-29(30(39-5)15-28(27)34-21(3)35-31)37-11-9-23(10-12-37)38-17-24-13-25(18-38)36(24)4/h6-8,14-15,20,23-25H,9-13,17-18H2,1-5H3,(H,33,34,35)/t20-,24?,25?/m1/s1. The largest absolute Gasteiger partial charge is 0.495 e. The van der Waals surface area contributed by atoms with Crippen LogP contribution in [0.4, 0.5) is 11.5 Å². The summed E-state index contributed by atoms with van der Waals surface area (Å²) in [6.07, 6.45) is 3.72. The van der Waals surface area contributed by atoms with Crippen LogP contribution in [-0.2, 0) is 0 Å². The summed E-state index contributed by atoms with van der Waals surface area (Å²) in [6, 6.07) is 14.6. The Morgan fingerprint density at radius 1 is 1.08 bits per heavy atom. The summed E-state index contributed by atoms with van der Waals surface area (Å²) in [5.74, 6) is 2.37. The number of nitrogens with one attached hydrogen (secondary N) is 1. The fourth-order valence-electron chi connectivity index (χ4n) is 6.91. The molecule has 3 atom stereocenters. The first-order chi connectivity index (χ1) is 18.9. The lowest BCUT2D eigenvalue weighted by Crippen LogP contribution is -2.69. The van der Waals surface area contributed by atoms with Gasteiger partial charge in [-0.2, -0.15) is 5.26 Å². The summed E-state index contributed by atoms with van der Waals surface area (Å²) in [6.45, 7) is 10.5. The molecule has 5 heterocycles. The quantitative estimate of drug-likeness (QED) is 0.498. The SMILES string of the molecule is COc1cc2nc(C)nc(N[C@H](C)c3cccc(C#N)c3C)c2cc1N1CCC(N2CC3CC(C2)N3C)CC1. The molecule has 2 aromatic carbocycles. The molecule has 2 bridgehead atoms. The smallest absolute Gasteiger partial charge is 0.144 e. The highest BCUT2D eigenvalue weighted by atomic mass is 16.5. The molecule has 4 aliphatic rings. The van der Waals surface area contributed by atoms with Gasteiger partial charge in [0, 0.05) is 55.8 Å². The van der Waals surface area contributed by atoms with E-state index in [1.807, 2.05) is 26.0 Å². The number of rotatable bonds is 6. The molecule has 0 amide bonds. The molecule has 3 aromatic rings. The van der Waals surface area contributed by atoms with E-state index in [2.05, 4.69) is 58.3 Å². The summed E-state index contributed by atoms with van der Waals surface area (Å²) in [5.41, 5.74) is 4.77. The lowest BCUT2D eigenvalue weighted by molar-refractivity contribution is -0.0681. The number of piperazine rings is 1. The third kappa shape index (κ3) is 4.68. The Morgan fingerprint density at radius 2 is 1.82 bits per heavy atom. The van der Waals surface area contributed by atoms with Gasteiger partial charge in [0.15, 0.2) is 0 Å². The van der Waals surface area contributed by atoms with E-state index in [0.29, 0.717) is 17.4 Å². The van der Waals surface area contributed by atoms with Gasteiger partial charge in [-0.3, -0.25) is 9.80 Å². The van der Waals surface area contributed by atoms with Crippen molar-refractivity contribution in [2.75, 3.05) is 50.6 Å². The monoisotopic (exact) mass is 525 g/mol. The number of nitrogens with zero attached hydrogens (tertiary/aromatic N) is 6. The maximum Gasteiger partial charge on any atom is 0.144 e. The van der Waals surface area contributed by atoms with Crippen LogP contribution in [0.25, 0.3) is 10.9 Å². The Labute approximate surface area is 231 Å². The van der Waals surface area contributed by atoms with Crippen molar-refractivity contribution in [3.63, 3.8) is 0 Å². The topological polar surface area (TPSA) is 80.5 Å². The van der Waals surface area contributed by atoms with Crippen LogP contribution in [0.2, 0.25) is 0 Å². The van der Waals surface area contributed by atoms with E-state index < -0.39 is 0 Å². The lowest BCUT2D eigenvalue weighted by atomic mass is 9.86. The molecule has 4 fully saturated rings. The number of aryl methyl sites for hydroxylation is 1. The number of anilines is 2. The van der Waals surface area contributed by atoms with Gasteiger partial charge in [0.1, 0.15) is 17.4 Å². The Balaban J connectivity index is 1.25. The number of fused-ring (bicyclic) bond motifs is 3. The normalized spacial score (nSPS) is 22.8. The molecule has 7 rings (SSSR count). The maximum absolute atomic E-state index is 9.50. The van der Waals surface area contributed by atoms with Crippen molar-refractivity contribution in [1.29, 1.82) is 5.26 Å². The predicted octanol–water partition coefficient (Wildman–Crippen LogP) is 4.66. The average Bonchev–Trinajstić information content (AvgIpc) is 2.96. The predicted molar refractivity (Wildman–Crippen MR) is 156 cm³/mol. The number of hydrogen-bond acceptors (Lipinski definition) is 8. The highest BCUT2D eigenvalue weighted by Crippen LogP contribution is 2.39. The summed E-state index contributed by atoms with van der Waals surface area (Å²) < 4.78 is 5.88. The molecule has 1 aromatic heterocycles. The molecule has 1 N–H and O–H groups in total. The summed E-state index contributed by atoms with van der Waals surface area (Å²) in [7, 11) is 4.03. The van der Waals surface area contributed by atoms with Crippen LogP contribution in [0.15, 0.2) is 30.3 Å². The fraction of sp³-hybridized carbons (Fsp3) is 0.516. The molecule has 4 aliphatic heterocycles. The van der Waals surface area contributed by atoms with Gasteiger partial charge < -0.3 is 15.0 Å². The van der Waals surface area contributed by atoms with Crippen LogP contribution in [0.5, 0.6) is 5.75 Å². The minimum Gasteiger partial charge on any atom is -0.495 e. The van der Waals surface area contributed by atoms with Crippen molar-refractivity contribution < 1.29 is 4.74 Å². The molecule has 0 spiro atoms. The van der Waals surface area contributed by atoms with Gasteiger partial charge in [-0.05, 0) is 70.3 Å². The number of hydrogen-bond donors (Lipinski definition) is 1. The Hall–Kier alpha value is -3.41. The van der Waals surface area contributed by atoms with Gasteiger partial charge in [-0.1, -0.05) is 12.1 Å². The highest BCUT2D eigenvalue weighted by Gasteiger charge is 2.44. The number of likely N-dealkylation sites (N-methyl/N-ethyl adjacent to an activating group) is 1. The fourth-order valence-corrected chi connectivity index (χ4v) is 6.91. The molecule has 0 radical (unpaired) electrons. The number of aromatic nitrogens is 2. The summed E-state index contributed by atoms with van der Waals surface area (Å²) in [5, 5.41) is 14.1. The minimum absolute atomic E-state index is 0.0214. The third-order valence-corrected chi connectivity index (χ3v) is 9.33. The van der Waals surface area contributed by atoms with Crippen molar-refractivity contribution in [2.24, 2.45) is 0 Å². The molecule has 2 unspecified atom stereocenters. The molecule has 8 nitrogen and oxygen atoms in total. The second-order valence-electron chi connectivity index (χ2n) is 11.5. The third-order valence-electron chi connectivity index (χ3n) is 9.33. The van der Waals surface area contributed by atoms with E-state index in [1.165, 1.54) is 32.4 Å². The zero-order valence-electron chi connectivity index (χ0n) is 23.7. The maximum atomic E-state index is 9.50. The molecule has 4 saturated heterocycles. The summed E-state index contributed by atoms with van der Waals surface area (Å²) in [4.78, 5) is 17.3.